The van der Waals surface area contributed by atoms with Gasteiger partial charge in [-0.3, -0.25) is 4.79 Å². The molecule has 7 heteroatoms. The number of nitrogens with two attached hydrogens (primary N) is 1. The Hall–Kier alpha value is -1.47. The molecule has 1 aliphatic carbocycles. The first-order chi connectivity index (χ1) is 9.96. The number of nitrogens with one attached hydrogen (secondary N) is 1. The highest BCUT2D eigenvalue weighted by atomic mass is 32.1. The number of anilines is 1. The van der Waals surface area contributed by atoms with Crippen LogP contribution in [0.4, 0.5) is 5.13 Å². The lowest BCUT2D eigenvalue weighted by molar-refractivity contribution is -0.124. The molecule has 0 aliphatic heterocycles. The van der Waals surface area contributed by atoms with Crippen LogP contribution in [-0.2, 0) is 16.6 Å². The molecule has 5 nitrogen and oxygen atoms in total. The van der Waals surface area contributed by atoms with Crippen molar-refractivity contribution in [2.45, 2.75) is 32.1 Å². The van der Waals surface area contributed by atoms with Gasteiger partial charge in [0.05, 0.1) is 5.41 Å². The smallest absolute Gasteiger partial charge is 0.232 e. The van der Waals surface area contributed by atoms with Crippen molar-refractivity contribution in [2.75, 3.05) is 12.3 Å². The predicted octanol–water partition coefficient (Wildman–Crippen LogP) is 2.21. The van der Waals surface area contributed by atoms with E-state index in [9.17, 15) is 4.79 Å². The van der Waals surface area contributed by atoms with Crippen LogP contribution in [-0.4, -0.2) is 22.6 Å². The molecule has 1 amide bonds. The van der Waals surface area contributed by atoms with E-state index < -0.39 is 0 Å². The van der Waals surface area contributed by atoms with Gasteiger partial charge in [-0.15, -0.1) is 21.5 Å². The van der Waals surface area contributed by atoms with Crippen LogP contribution in [0.5, 0.6) is 0 Å². The van der Waals surface area contributed by atoms with Crippen LogP contribution >= 0.6 is 22.7 Å². The molecule has 3 N–H and O–H groups in total. The lowest BCUT2D eigenvalue weighted by Gasteiger charge is -2.18. The first kappa shape index (κ1) is 14.5. The Morgan fingerprint density at radius 3 is 2.76 bits per heavy atom. The van der Waals surface area contributed by atoms with E-state index in [1.54, 1.807) is 11.3 Å². The van der Waals surface area contributed by atoms with E-state index in [2.05, 4.69) is 35.4 Å². The fourth-order valence-electron chi connectivity index (χ4n) is 2.86. The predicted molar refractivity (Wildman–Crippen MR) is 85.4 cm³/mol. The second-order valence-electron chi connectivity index (χ2n) is 5.98. The highest BCUT2D eigenvalue weighted by molar-refractivity contribution is 7.15. The maximum absolute atomic E-state index is 12.7. The summed E-state index contributed by atoms with van der Waals surface area (Å²) >= 11 is 3.02. The van der Waals surface area contributed by atoms with Crippen molar-refractivity contribution in [2.24, 2.45) is 5.41 Å². The van der Waals surface area contributed by atoms with Gasteiger partial charge < -0.3 is 11.1 Å². The fourth-order valence-corrected chi connectivity index (χ4v) is 4.57. The number of rotatable bonds is 5. The summed E-state index contributed by atoms with van der Waals surface area (Å²) in [6.07, 6.45) is 1.57. The zero-order valence-corrected chi connectivity index (χ0v) is 13.7. The Labute approximate surface area is 131 Å². The van der Waals surface area contributed by atoms with Crippen LogP contribution in [0.1, 0.15) is 30.2 Å². The summed E-state index contributed by atoms with van der Waals surface area (Å²) < 4.78 is 0. The molecule has 21 heavy (non-hydrogen) atoms. The molecule has 1 unspecified atom stereocenters. The number of aromatic nitrogens is 2. The summed E-state index contributed by atoms with van der Waals surface area (Å²) in [5.41, 5.74) is 5.21. The monoisotopic (exact) mass is 322 g/mol. The van der Waals surface area contributed by atoms with Crippen LogP contribution in [0.3, 0.4) is 0 Å². The average Bonchev–Trinajstić information content (AvgIpc) is 2.87. The minimum atomic E-state index is -0.360. The molecule has 0 saturated heterocycles. The van der Waals surface area contributed by atoms with Crippen LogP contribution in [0.25, 0.3) is 0 Å². The zero-order valence-electron chi connectivity index (χ0n) is 12.0. The molecule has 1 aliphatic rings. The van der Waals surface area contributed by atoms with Crippen LogP contribution in [0, 0.1) is 5.41 Å². The van der Waals surface area contributed by atoms with Crippen LogP contribution in [0.2, 0.25) is 0 Å². The lowest BCUT2D eigenvalue weighted by atomic mass is 9.93. The lowest BCUT2D eigenvalue weighted by Crippen LogP contribution is -2.38. The second kappa shape index (κ2) is 5.06. The first-order valence-corrected chi connectivity index (χ1v) is 8.55. The molecule has 0 radical (unpaired) electrons. The van der Waals surface area contributed by atoms with Gasteiger partial charge in [-0.1, -0.05) is 31.3 Å². The van der Waals surface area contributed by atoms with Gasteiger partial charge in [0.2, 0.25) is 11.0 Å². The Morgan fingerprint density at radius 2 is 2.24 bits per heavy atom. The summed E-state index contributed by atoms with van der Waals surface area (Å²) in [7, 11) is 0. The van der Waals surface area contributed by atoms with Gasteiger partial charge in [0.25, 0.3) is 0 Å². The third-order valence-corrected chi connectivity index (χ3v) is 6.02. The summed E-state index contributed by atoms with van der Waals surface area (Å²) in [6, 6.07) is 4.07. The average molecular weight is 322 g/mol. The molecule has 112 valence electrons. The van der Waals surface area contributed by atoms with Gasteiger partial charge in [0.1, 0.15) is 5.01 Å². The minimum Gasteiger partial charge on any atom is -0.374 e. The number of hydrogen-bond donors (Lipinski definition) is 2. The number of carbonyl (C=O) groups excluding carboxylic acids is 1. The van der Waals surface area contributed by atoms with Crippen molar-refractivity contribution < 1.29 is 4.79 Å². The number of thiophene rings is 1. The number of nitrogen functional groups attached to an aromatic ring is 1. The van der Waals surface area contributed by atoms with Gasteiger partial charge in [-0.2, -0.15) is 0 Å². The summed E-state index contributed by atoms with van der Waals surface area (Å²) in [5, 5.41) is 14.1. The molecule has 3 rings (SSSR count). The number of nitrogens with zero attached hydrogens (tertiary/aromatic N) is 2. The molecule has 1 saturated carbocycles. The van der Waals surface area contributed by atoms with Gasteiger partial charge >= 0.3 is 0 Å². The van der Waals surface area contributed by atoms with Gasteiger partial charge in [-0.25, -0.2) is 0 Å². The topological polar surface area (TPSA) is 80.9 Å². The van der Waals surface area contributed by atoms with Crippen molar-refractivity contribution in [3.05, 3.63) is 27.4 Å². The number of amides is 1. The van der Waals surface area contributed by atoms with Gasteiger partial charge in [0, 0.05) is 17.8 Å². The van der Waals surface area contributed by atoms with Gasteiger partial charge in [0.15, 0.2) is 0 Å². The molecule has 2 aromatic rings. The minimum absolute atomic E-state index is 0.0229. The molecular weight excluding hydrogens is 304 g/mol. The zero-order chi connectivity index (χ0) is 15.1. The van der Waals surface area contributed by atoms with E-state index >= 15 is 0 Å². The van der Waals surface area contributed by atoms with E-state index in [0.29, 0.717) is 18.1 Å². The maximum Gasteiger partial charge on any atom is 0.232 e. The van der Waals surface area contributed by atoms with E-state index in [4.69, 9.17) is 5.73 Å². The Kier molecular flexibility index (Phi) is 3.49. The van der Waals surface area contributed by atoms with Crippen molar-refractivity contribution in [3.8, 4) is 0 Å². The Balaban J connectivity index is 1.64. The maximum atomic E-state index is 12.7. The molecule has 1 fully saturated rings. The molecule has 0 aromatic carbocycles. The van der Waals surface area contributed by atoms with Crippen LogP contribution in [0.15, 0.2) is 17.5 Å². The van der Waals surface area contributed by atoms with Crippen LogP contribution < -0.4 is 11.1 Å². The molecule has 2 aromatic heterocycles. The standard InChI is InChI=1S/C14H18N4OS2/c1-13(2)8-14(13,9-4-3-7-20-9)11(19)16-6-5-10-17-18-12(15)21-10/h3-4,7H,5-6,8H2,1-2H3,(H2,15,18)(H,16,19). The van der Waals surface area contributed by atoms with Crippen molar-refractivity contribution in [3.63, 3.8) is 0 Å². The van der Waals surface area contributed by atoms with Crippen molar-refractivity contribution in [1.29, 1.82) is 0 Å². The molecule has 2 heterocycles. The summed E-state index contributed by atoms with van der Waals surface area (Å²) in [4.78, 5) is 13.8. The normalized spacial score (nSPS) is 23.0. The second-order valence-corrected chi connectivity index (χ2v) is 8.02. The fraction of sp³-hybridized carbons (Fsp3) is 0.500. The van der Waals surface area contributed by atoms with Crippen molar-refractivity contribution >= 4 is 33.7 Å². The van der Waals surface area contributed by atoms with Gasteiger partial charge in [-0.05, 0) is 23.3 Å². The SMILES string of the molecule is CC1(C)CC1(C(=O)NCCc1nnc(N)s1)c1cccs1. The summed E-state index contributed by atoms with van der Waals surface area (Å²) in [6.45, 7) is 4.87. The first-order valence-electron chi connectivity index (χ1n) is 6.86. The molecule has 0 bridgehead atoms. The quantitative estimate of drug-likeness (QED) is 0.884. The molecule has 1 atom stereocenters. The Bertz CT molecular complexity index is 650. The highest BCUT2D eigenvalue weighted by Crippen LogP contribution is 2.65. The third kappa shape index (κ3) is 2.44. The summed E-state index contributed by atoms with van der Waals surface area (Å²) in [5.74, 6) is 0.118. The molecular formula is C14H18N4OS2. The largest absolute Gasteiger partial charge is 0.374 e. The number of hydrogen-bond acceptors (Lipinski definition) is 6. The van der Waals surface area contributed by atoms with E-state index in [-0.39, 0.29) is 16.7 Å². The third-order valence-electron chi connectivity index (χ3n) is 4.17. The number of carbonyl (C=O) groups is 1. The van der Waals surface area contributed by atoms with E-state index in [1.165, 1.54) is 11.3 Å². The van der Waals surface area contributed by atoms with Crippen molar-refractivity contribution in [1.82, 2.24) is 15.5 Å². The Morgan fingerprint density at radius 1 is 1.48 bits per heavy atom. The molecule has 0 spiro atoms. The highest BCUT2D eigenvalue weighted by Gasteiger charge is 2.67. The van der Waals surface area contributed by atoms with E-state index in [1.807, 2.05) is 11.4 Å². The van der Waals surface area contributed by atoms with E-state index in [0.717, 1.165) is 16.3 Å².